The Morgan fingerprint density at radius 2 is 1.82 bits per heavy atom. The molecule has 0 amide bonds. The van der Waals surface area contributed by atoms with E-state index in [4.69, 9.17) is 0 Å². The van der Waals surface area contributed by atoms with Crippen LogP contribution in [-0.4, -0.2) is 48.3 Å². The second kappa shape index (κ2) is 5.68. The van der Waals surface area contributed by atoms with Crippen LogP contribution in [0.3, 0.4) is 0 Å². The molecule has 0 aromatic heterocycles. The van der Waals surface area contributed by atoms with E-state index in [9.17, 15) is 5.11 Å². The Morgan fingerprint density at radius 1 is 1.18 bits per heavy atom. The zero-order valence-corrected chi connectivity index (χ0v) is 11.4. The van der Waals surface area contributed by atoms with Gasteiger partial charge in [-0.15, -0.1) is 0 Å². The monoisotopic (exact) mass is 240 g/mol. The van der Waals surface area contributed by atoms with Crippen LogP contribution in [0, 0.1) is 0 Å². The molecule has 2 rings (SSSR count). The van der Waals surface area contributed by atoms with E-state index in [2.05, 4.69) is 17.3 Å². The Kier molecular flexibility index (Phi) is 4.45. The number of hydrogen-bond acceptors (Lipinski definition) is 3. The summed E-state index contributed by atoms with van der Waals surface area (Å²) in [6, 6.07) is 1.46. The topological polar surface area (TPSA) is 35.5 Å². The number of hydrogen-bond donors (Lipinski definition) is 2. The predicted octanol–water partition coefficient (Wildman–Crippen LogP) is 1.75. The molecule has 2 saturated carbocycles. The summed E-state index contributed by atoms with van der Waals surface area (Å²) in [4.78, 5) is 2.61. The van der Waals surface area contributed by atoms with Gasteiger partial charge in [0.2, 0.25) is 0 Å². The Morgan fingerprint density at radius 3 is 2.41 bits per heavy atom. The minimum Gasteiger partial charge on any atom is -0.394 e. The summed E-state index contributed by atoms with van der Waals surface area (Å²) in [6.45, 7) is 0.276. The minimum absolute atomic E-state index is 0.0181. The molecule has 0 spiro atoms. The number of rotatable bonds is 4. The molecule has 3 heteroatoms. The molecule has 2 unspecified atom stereocenters. The van der Waals surface area contributed by atoms with Crippen molar-refractivity contribution in [2.75, 3.05) is 20.7 Å². The van der Waals surface area contributed by atoms with Gasteiger partial charge in [0.05, 0.1) is 6.61 Å². The lowest BCUT2D eigenvalue weighted by Gasteiger charge is -2.44. The molecule has 0 heterocycles. The maximum absolute atomic E-state index is 9.63. The average molecular weight is 240 g/mol. The van der Waals surface area contributed by atoms with E-state index in [1.807, 2.05) is 7.05 Å². The summed E-state index contributed by atoms with van der Waals surface area (Å²) in [5.41, 5.74) is -0.0181. The third-order valence-electron chi connectivity index (χ3n) is 5.13. The molecule has 2 aliphatic carbocycles. The highest BCUT2D eigenvalue weighted by atomic mass is 16.3. The highest BCUT2D eigenvalue weighted by molar-refractivity contribution is 4.96. The molecule has 100 valence electrons. The summed E-state index contributed by atoms with van der Waals surface area (Å²) < 4.78 is 0. The normalized spacial score (nSPS) is 35.6. The van der Waals surface area contributed by atoms with E-state index in [0.29, 0.717) is 6.04 Å². The molecular formula is C14H28N2O. The first-order chi connectivity index (χ1) is 8.21. The van der Waals surface area contributed by atoms with Crippen LogP contribution in [0.4, 0.5) is 0 Å². The van der Waals surface area contributed by atoms with Gasteiger partial charge in [0.1, 0.15) is 0 Å². The molecule has 2 aliphatic rings. The van der Waals surface area contributed by atoms with Crippen molar-refractivity contribution in [3.63, 3.8) is 0 Å². The highest BCUT2D eigenvalue weighted by Gasteiger charge is 2.37. The third-order valence-corrected chi connectivity index (χ3v) is 5.13. The van der Waals surface area contributed by atoms with Crippen molar-refractivity contribution >= 4 is 0 Å². The van der Waals surface area contributed by atoms with E-state index in [0.717, 1.165) is 18.9 Å². The standard InChI is InChI=1S/C14H28N2O/c1-15-14(11-17)9-5-8-13(10-14)16(2)12-6-3-4-7-12/h12-13,15,17H,3-11H2,1-2H3. The molecule has 2 fully saturated rings. The molecule has 0 saturated heterocycles. The largest absolute Gasteiger partial charge is 0.394 e. The van der Waals surface area contributed by atoms with Gasteiger partial charge in [0.25, 0.3) is 0 Å². The van der Waals surface area contributed by atoms with E-state index in [1.54, 1.807) is 0 Å². The van der Waals surface area contributed by atoms with Crippen molar-refractivity contribution in [2.45, 2.75) is 69.0 Å². The van der Waals surface area contributed by atoms with Gasteiger partial charge in [0, 0.05) is 17.6 Å². The van der Waals surface area contributed by atoms with Crippen LogP contribution in [0.2, 0.25) is 0 Å². The summed E-state index contributed by atoms with van der Waals surface area (Å²) in [6.07, 6.45) is 10.3. The maximum Gasteiger partial charge on any atom is 0.0613 e. The number of nitrogens with one attached hydrogen (secondary N) is 1. The second-order valence-corrected chi connectivity index (χ2v) is 6.04. The predicted molar refractivity (Wildman–Crippen MR) is 71.2 cm³/mol. The first kappa shape index (κ1) is 13.3. The average Bonchev–Trinajstić information content (AvgIpc) is 2.91. The molecule has 17 heavy (non-hydrogen) atoms. The third kappa shape index (κ3) is 2.83. The molecule has 0 aliphatic heterocycles. The summed E-state index contributed by atoms with van der Waals surface area (Å²) in [7, 11) is 4.29. The molecule has 2 N–H and O–H groups in total. The van der Waals surface area contributed by atoms with E-state index in [-0.39, 0.29) is 12.1 Å². The van der Waals surface area contributed by atoms with Crippen molar-refractivity contribution < 1.29 is 5.11 Å². The van der Waals surface area contributed by atoms with E-state index >= 15 is 0 Å². The summed E-state index contributed by atoms with van der Waals surface area (Å²) in [5.74, 6) is 0. The zero-order valence-electron chi connectivity index (χ0n) is 11.4. The summed E-state index contributed by atoms with van der Waals surface area (Å²) in [5, 5.41) is 13.0. The van der Waals surface area contributed by atoms with Gasteiger partial charge in [-0.3, -0.25) is 0 Å². The van der Waals surface area contributed by atoms with Gasteiger partial charge in [-0.2, -0.15) is 0 Å². The van der Waals surface area contributed by atoms with Gasteiger partial charge in [-0.05, 0) is 52.6 Å². The molecule has 0 aromatic carbocycles. The Labute approximate surface area is 106 Å². The van der Waals surface area contributed by atoms with Crippen molar-refractivity contribution in [1.29, 1.82) is 0 Å². The van der Waals surface area contributed by atoms with Gasteiger partial charge < -0.3 is 15.3 Å². The van der Waals surface area contributed by atoms with Crippen LogP contribution in [0.15, 0.2) is 0 Å². The van der Waals surface area contributed by atoms with E-state index in [1.165, 1.54) is 38.5 Å². The van der Waals surface area contributed by atoms with Crippen molar-refractivity contribution in [2.24, 2.45) is 0 Å². The van der Waals surface area contributed by atoms with E-state index < -0.39 is 0 Å². The van der Waals surface area contributed by atoms with Crippen LogP contribution in [0.5, 0.6) is 0 Å². The lowest BCUT2D eigenvalue weighted by Crippen LogP contribution is -2.55. The smallest absolute Gasteiger partial charge is 0.0613 e. The minimum atomic E-state index is -0.0181. The fraction of sp³-hybridized carbons (Fsp3) is 1.00. The molecular weight excluding hydrogens is 212 g/mol. The summed E-state index contributed by atoms with van der Waals surface area (Å²) >= 11 is 0. The van der Waals surface area contributed by atoms with Crippen molar-refractivity contribution in [1.82, 2.24) is 10.2 Å². The SMILES string of the molecule is CNC1(CO)CCCC(N(C)C2CCCC2)C1. The molecule has 3 nitrogen and oxygen atoms in total. The Bertz CT molecular complexity index is 234. The highest BCUT2D eigenvalue weighted by Crippen LogP contribution is 2.33. The fourth-order valence-electron chi connectivity index (χ4n) is 3.74. The van der Waals surface area contributed by atoms with Crippen LogP contribution in [0.25, 0.3) is 0 Å². The second-order valence-electron chi connectivity index (χ2n) is 6.04. The number of likely N-dealkylation sites (N-methyl/N-ethyl adjacent to an activating group) is 1. The number of aliphatic hydroxyl groups excluding tert-OH is 1. The molecule has 0 radical (unpaired) electrons. The van der Waals surface area contributed by atoms with Gasteiger partial charge in [-0.25, -0.2) is 0 Å². The van der Waals surface area contributed by atoms with Gasteiger partial charge in [-0.1, -0.05) is 12.8 Å². The molecule has 0 bridgehead atoms. The number of nitrogens with zero attached hydrogens (tertiary/aromatic N) is 1. The number of aliphatic hydroxyl groups is 1. The Hall–Kier alpha value is -0.120. The van der Waals surface area contributed by atoms with Crippen molar-refractivity contribution in [3.8, 4) is 0 Å². The lowest BCUT2D eigenvalue weighted by atomic mass is 9.78. The van der Waals surface area contributed by atoms with Gasteiger partial charge >= 0.3 is 0 Å². The van der Waals surface area contributed by atoms with Crippen LogP contribution in [-0.2, 0) is 0 Å². The van der Waals surface area contributed by atoms with Crippen LogP contribution < -0.4 is 5.32 Å². The van der Waals surface area contributed by atoms with Crippen LogP contribution >= 0.6 is 0 Å². The lowest BCUT2D eigenvalue weighted by molar-refractivity contribution is 0.0576. The maximum atomic E-state index is 9.63. The zero-order chi connectivity index (χ0) is 12.3. The molecule has 2 atom stereocenters. The van der Waals surface area contributed by atoms with Gasteiger partial charge in [0.15, 0.2) is 0 Å². The first-order valence-electron chi connectivity index (χ1n) is 7.22. The van der Waals surface area contributed by atoms with Crippen molar-refractivity contribution in [3.05, 3.63) is 0 Å². The van der Waals surface area contributed by atoms with Crippen LogP contribution in [0.1, 0.15) is 51.4 Å². The fourth-order valence-corrected chi connectivity index (χ4v) is 3.74. The molecule has 0 aromatic rings. The quantitative estimate of drug-likeness (QED) is 0.786. The Balaban J connectivity index is 1.96. The first-order valence-corrected chi connectivity index (χ1v) is 7.22.